The minimum Gasteiger partial charge on any atom is -0.389 e. The zero-order valence-corrected chi connectivity index (χ0v) is 10.7. The molecule has 1 aromatic carbocycles. The maximum Gasteiger partial charge on any atom is 0.252 e. The van der Waals surface area contributed by atoms with E-state index in [1.165, 1.54) is 7.11 Å². The van der Waals surface area contributed by atoms with Gasteiger partial charge in [-0.25, -0.2) is 0 Å². The van der Waals surface area contributed by atoms with E-state index in [9.17, 15) is 9.90 Å². The fourth-order valence-corrected chi connectivity index (χ4v) is 1.85. The number of pyridine rings is 1. The first-order valence-electron chi connectivity index (χ1n) is 6.01. The van der Waals surface area contributed by atoms with Gasteiger partial charge in [0, 0.05) is 25.2 Å². The van der Waals surface area contributed by atoms with Crippen molar-refractivity contribution in [3.63, 3.8) is 0 Å². The van der Waals surface area contributed by atoms with Gasteiger partial charge >= 0.3 is 0 Å². The van der Waals surface area contributed by atoms with Crippen LogP contribution in [0.2, 0.25) is 0 Å². The van der Waals surface area contributed by atoms with Crippen molar-refractivity contribution in [2.75, 3.05) is 20.3 Å². The third-order valence-corrected chi connectivity index (χ3v) is 2.75. The van der Waals surface area contributed by atoms with Gasteiger partial charge in [-0.1, -0.05) is 18.2 Å². The Labute approximate surface area is 111 Å². The summed E-state index contributed by atoms with van der Waals surface area (Å²) in [4.78, 5) is 16.3. The monoisotopic (exact) mass is 260 g/mol. The summed E-state index contributed by atoms with van der Waals surface area (Å²) in [5, 5.41) is 13.0. The van der Waals surface area contributed by atoms with Crippen LogP contribution in [0.15, 0.2) is 36.5 Å². The molecule has 0 bridgehead atoms. The number of nitrogens with one attached hydrogen (secondary N) is 1. The number of amides is 1. The van der Waals surface area contributed by atoms with E-state index in [0.717, 1.165) is 10.9 Å². The first-order valence-corrected chi connectivity index (χ1v) is 6.01. The van der Waals surface area contributed by atoms with Gasteiger partial charge in [0.2, 0.25) is 0 Å². The second kappa shape index (κ2) is 6.26. The van der Waals surface area contributed by atoms with Crippen LogP contribution in [0.3, 0.4) is 0 Å². The molecule has 0 aliphatic heterocycles. The van der Waals surface area contributed by atoms with Gasteiger partial charge in [0.1, 0.15) is 0 Å². The maximum absolute atomic E-state index is 12.1. The van der Waals surface area contributed by atoms with Crippen LogP contribution < -0.4 is 5.32 Å². The molecular weight excluding hydrogens is 244 g/mol. The molecule has 0 saturated heterocycles. The van der Waals surface area contributed by atoms with Crippen molar-refractivity contribution in [3.05, 3.63) is 42.1 Å². The second-order valence-electron chi connectivity index (χ2n) is 4.19. The van der Waals surface area contributed by atoms with Crippen LogP contribution in [0.1, 0.15) is 10.4 Å². The Balaban J connectivity index is 2.13. The molecule has 1 atom stereocenters. The molecule has 0 aliphatic carbocycles. The Hall–Kier alpha value is -1.98. The molecule has 0 saturated carbocycles. The molecule has 2 aromatic rings. The Morgan fingerprint density at radius 1 is 1.42 bits per heavy atom. The van der Waals surface area contributed by atoms with Crippen molar-refractivity contribution < 1.29 is 14.6 Å². The van der Waals surface area contributed by atoms with Gasteiger partial charge in [0.05, 0.1) is 23.8 Å². The Bertz CT molecular complexity index is 566. The van der Waals surface area contributed by atoms with Crippen molar-refractivity contribution in [2.45, 2.75) is 6.10 Å². The van der Waals surface area contributed by atoms with Crippen LogP contribution in [0.4, 0.5) is 0 Å². The second-order valence-corrected chi connectivity index (χ2v) is 4.19. The molecule has 0 radical (unpaired) electrons. The summed E-state index contributed by atoms with van der Waals surface area (Å²) in [6.07, 6.45) is 0.894. The number of fused-ring (bicyclic) bond motifs is 1. The lowest BCUT2D eigenvalue weighted by molar-refractivity contribution is 0.0610. The minimum atomic E-state index is -0.706. The number of aliphatic hydroxyl groups excluding tert-OH is 1. The summed E-state index contributed by atoms with van der Waals surface area (Å²) in [5.74, 6) is -0.228. The van der Waals surface area contributed by atoms with Crippen LogP contribution in [-0.4, -0.2) is 42.4 Å². The zero-order valence-electron chi connectivity index (χ0n) is 10.7. The third kappa shape index (κ3) is 3.27. The molecule has 0 aliphatic rings. The molecule has 5 heteroatoms. The smallest absolute Gasteiger partial charge is 0.252 e. The van der Waals surface area contributed by atoms with Gasteiger partial charge in [-0.2, -0.15) is 0 Å². The van der Waals surface area contributed by atoms with Crippen molar-refractivity contribution >= 4 is 16.8 Å². The highest BCUT2D eigenvalue weighted by Gasteiger charge is 2.11. The number of para-hydroxylation sites is 1. The van der Waals surface area contributed by atoms with E-state index in [4.69, 9.17) is 4.74 Å². The third-order valence-electron chi connectivity index (χ3n) is 2.75. The van der Waals surface area contributed by atoms with Crippen LogP contribution in [0.5, 0.6) is 0 Å². The van der Waals surface area contributed by atoms with E-state index in [2.05, 4.69) is 10.3 Å². The summed E-state index contributed by atoms with van der Waals surface area (Å²) in [7, 11) is 1.50. The van der Waals surface area contributed by atoms with Gasteiger partial charge in [-0.15, -0.1) is 0 Å². The summed E-state index contributed by atoms with van der Waals surface area (Å²) in [6, 6.07) is 9.11. The number of carbonyl (C=O) groups is 1. The van der Waals surface area contributed by atoms with Gasteiger partial charge in [-0.3, -0.25) is 9.78 Å². The van der Waals surface area contributed by atoms with Crippen LogP contribution in [0, 0.1) is 0 Å². The van der Waals surface area contributed by atoms with Crippen LogP contribution >= 0.6 is 0 Å². The summed E-state index contributed by atoms with van der Waals surface area (Å²) < 4.78 is 4.80. The fourth-order valence-electron chi connectivity index (χ4n) is 1.85. The number of benzene rings is 1. The molecule has 1 amide bonds. The highest BCUT2D eigenvalue weighted by atomic mass is 16.5. The van der Waals surface area contributed by atoms with Gasteiger partial charge < -0.3 is 15.2 Å². The van der Waals surface area contributed by atoms with Crippen LogP contribution in [-0.2, 0) is 4.74 Å². The van der Waals surface area contributed by atoms with Gasteiger partial charge in [-0.05, 0) is 12.1 Å². The number of aromatic nitrogens is 1. The Morgan fingerprint density at radius 2 is 2.21 bits per heavy atom. The van der Waals surface area contributed by atoms with E-state index in [-0.39, 0.29) is 19.1 Å². The predicted octanol–water partition coefficient (Wildman–Crippen LogP) is 0.972. The molecule has 1 unspecified atom stereocenters. The minimum absolute atomic E-state index is 0.156. The standard InChI is InChI=1S/C14H16N2O3/c1-19-9-10(17)8-16-14(18)12-6-7-15-13-5-3-2-4-11(12)13/h2-7,10,17H,8-9H2,1H3,(H,16,18). The molecule has 2 N–H and O–H groups in total. The summed E-state index contributed by atoms with van der Waals surface area (Å²) in [6.45, 7) is 0.348. The van der Waals surface area contributed by atoms with E-state index in [1.54, 1.807) is 12.3 Å². The number of methoxy groups -OCH3 is 1. The van der Waals surface area contributed by atoms with E-state index in [1.807, 2.05) is 24.3 Å². The van der Waals surface area contributed by atoms with E-state index in [0.29, 0.717) is 5.56 Å². The normalized spacial score (nSPS) is 12.3. The Kier molecular flexibility index (Phi) is 4.43. The SMILES string of the molecule is COCC(O)CNC(=O)c1ccnc2ccccc12. The van der Waals surface area contributed by atoms with Crippen molar-refractivity contribution in [1.29, 1.82) is 0 Å². The highest BCUT2D eigenvalue weighted by molar-refractivity contribution is 6.05. The number of nitrogens with zero attached hydrogens (tertiary/aromatic N) is 1. The lowest BCUT2D eigenvalue weighted by Crippen LogP contribution is -2.34. The molecule has 2 rings (SSSR count). The number of hydrogen-bond acceptors (Lipinski definition) is 4. The lowest BCUT2D eigenvalue weighted by atomic mass is 10.1. The molecule has 0 fully saturated rings. The van der Waals surface area contributed by atoms with Gasteiger partial charge in [0.25, 0.3) is 5.91 Å². The average molecular weight is 260 g/mol. The summed E-state index contributed by atoms with van der Waals surface area (Å²) in [5.41, 5.74) is 1.32. The van der Waals surface area contributed by atoms with Crippen LogP contribution in [0.25, 0.3) is 10.9 Å². The fraction of sp³-hybridized carbons (Fsp3) is 0.286. The zero-order chi connectivity index (χ0) is 13.7. The number of hydrogen-bond donors (Lipinski definition) is 2. The summed E-state index contributed by atoms with van der Waals surface area (Å²) >= 11 is 0. The molecule has 19 heavy (non-hydrogen) atoms. The maximum atomic E-state index is 12.1. The number of aliphatic hydroxyl groups is 1. The molecule has 1 aromatic heterocycles. The number of carbonyl (C=O) groups excluding carboxylic acids is 1. The first-order chi connectivity index (χ1) is 9.22. The quantitative estimate of drug-likeness (QED) is 0.840. The average Bonchev–Trinajstić information content (AvgIpc) is 2.44. The number of ether oxygens (including phenoxy) is 1. The first kappa shape index (κ1) is 13.5. The van der Waals surface area contributed by atoms with Gasteiger partial charge in [0.15, 0.2) is 0 Å². The predicted molar refractivity (Wildman–Crippen MR) is 72.0 cm³/mol. The van der Waals surface area contributed by atoms with E-state index < -0.39 is 6.10 Å². The molecule has 100 valence electrons. The highest BCUT2D eigenvalue weighted by Crippen LogP contribution is 2.15. The van der Waals surface area contributed by atoms with Crippen molar-refractivity contribution in [1.82, 2.24) is 10.3 Å². The molecule has 0 spiro atoms. The van der Waals surface area contributed by atoms with Crippen molar-refractivity contribution in [2.24, 2.45) is 0 Å². The lowest BCUT2D eigenvalue weighted by Gasteiger charge is -2.11. The largest absolute Gasteiger partial charge is 0.389 e. The van der Waals surface area contributed by atoms with Crippen molar-refractivity contribution in [3.8, 4) is 0 Å². The molecule has 1 heterocycles. The molecular formula is C14H16N2O3. The Morgan fingerprint density at radius 3 is 3.00 bits per heavy atom. The number of rotatable bonds is 5. The topological polar surface area (TPSA) is 71.5 Å². The van der Waals surface area contributed by atoms with E-state index >= 15 is 0 Å². The molecule has 5 nitrogen and oxygen atoms in total.